The molecule has 4 rings (SSSR count). The number of aryl methyl sites for hydroxylation is 1. The molecule has 1 aromatic heterocycles. The van der Waals surface area contributed by atoms with Gasteiger partial charge in [-0.15, -0.1) is 0 Å². The van der Waals surface area contributed by atoms with Gasteiger partial charge in [0.15, 0.2) is 0 Å². The van der Waals surface area contributed by atoms with E-state index in [1.165, 1.54) is 0 Å². The summed E-state index contributed by atoms with van der Waals surface area (Å²) in [6.07, 6.45) is 3.72. The zero-order chi connectivity index (χ0) is 19.6. The molecule has 1 aliphatic rings. The Morgan fingerprint density at radius 1 is 1.07 bits per heavy atom. The molecule has 2 amide bonds. The van der Waals surface area contributed by atoms with Crippen LogP contribution >= 0.6 is 0 Å². The maximum atomic E-state index is 13.0. The molecule has 0 spiro atoms. The number of amides is 2. The third-order valence-electron chi connectivity index (χ3n) is 5.33. The fourth-order valence-corrected chi connectivity index (χ4v) is 3.69. The van der Waals surface area contributed by atoms with E-state index in [9.17, 15) is 4.79 Å². The molecule has 6 heteroatoms. The number of benzene rings is 2. The van der Waals surface area contributed by atoms with Crippen LogP contribution in [0.5, 0.6) is 0 Å². The van der Waals surface area contributed by atoms with Gasteiger partial charge in [0.1, 0.15) is 5.60 Å². The molecule has 2 aromatic carbocycles. The van der Waals surface area contributed by atoms with Crippen molar-refractivity contribution in [3.05, 3.63) is 89.7 Å². The van der Waals surface area contributed by atoms with Gasteiger partial charge in [0.25, 0.3) is 0 Å². The lowest BCUT2D eigenvalue weighted by molar-refractivity contribution is -0.111. The number of nitrogens with one attached hydrogen (secondary N) is 1. The number of urea groups is 1. The van der Waals surface area contributed by atoms with Crippen LogP contribution in [0.1, 0.15) is 22.7 Å². The van der Waals surface area contributed by atoms with Gasteiger partial charge in [-0.25, -0.2) is 4.79 Å². The van der Waals surface area contributed by atoms with Crippen LogP contribution in [0.25, 0.3) is 0 Å². The average Bonchev–Trinajstić information content (AvgIpc) is 3.13. The van der Waals surface area contributed by atoms with E-state index in [2.05, 4.69) is 10.4 Å². The van der Waals surface area contributed by atoms with E-state index in [-0.39, 0.29) is 12.1 Å². The van der Waals surface area contributed by atoms with Gasteiger partial charge in [0.2, 0.25) is 0 Å². The van der Waals surface area contributed by atoms with E-state index in [0.717, 1.165) is 16.7 Å². The van der Waals surface area contributed by atoms with Crippen LogP contribution in [-0.4, -0.2) is 40.9 Å². The summed E-state index contributed by atoms with van der Waals surface area (Å²) in [5.74, 6) is 0. The summed E-state index contributed by atoms with van der Waals surface area (Å²) in [4.78, 5) is 14.7. The lowest BCUT2D eigenvalue weighted by atomic mass is 9.86. The zero-order valence-electron chi connectivity index (χ0n) is 16.1. The molecule has 1 fully saturated rings. The van der Waals surface area contributed by atoms with Crippen LogP contribution < -0.4 is 5.32 Å². The minimum Gasteiger partial charge on any atom is -0.370 e. The standard InChI is InChI=1S/C22H24N4O2/c1-25-14-18(13-23-25)20(17-9-5-3-6-10-17)24-21(27)26-15-22(16-26,28-2)19-11-7-4-8-12-19/h3-14,20H,15-16H2,1-2H3,(H,24,27). The predicted octanol–water partition coefficient (Wildman–Crippen LogP) is 3.08. The maximum absolute atomic E-state index is 13.0. The summed E-state index contributed by atoms with van der Waals surface area (Å²) in [6.45, 7) is 1.04. The second-order valence-electron chi connectivity index (χ2n) is 7.16. The first-order valence-electron chi connectivity index (χ1n) is 9.31. The molecule has 1 atom stereocenters. The molecular weight excluding hydrogens is 352 g/mol. The third-order valence-corrected chi connectivity index (χ3v) is 5.33. The first kappa shape index (κ1) is 18.3. The molecule has 6 nitrogen and oxygen atoms in total. The summed E-state index contributed by atoms with van der Waals surface area (Å²) in [5, 5.41) is 7.41. The van der Waals surface area contributed by atoms with Gasteiger partial charge in [-0.1, -0.05) is 60.7 Å². The minimum atomic E-state index is -0.435. The number of carbonyl (C=O) groups is 1. The van der Waals surface area contributed by atoms with Crippen LogP contribution in [0.15, 0.2) is 73.1 Å². The Kier molecular flexibility index (Phi) is 4.88. The fraction of sp³-hybridized carbons (Fsp3) is 0.273. The molecule has 1 unspecified atom stereocenters. The number of nitrogens with zero attached hydrogens (tertiary/aromatic N) is 3. The molecule has 144 valence electrons. The highest BCUT2D eigenvalue weighted by atomic mass is 16.5. The van der Waals surface area contributed by atoms with Crippen molar-refractivity contribution in [2.75, 3.05) is 20.2 Å². The van der Waals surface area contributed by atoms with Crippen LogP contribution in [-0.2, 0) is 17.4 Å². The van der Waals surface area contributed by atoms with Crippen LogP contribution in [0.2, 0.25) is 0 Å². The lowest BCUT2D eigenvalue weighted by Gasteiger charge is -2.49. The van der Waals surface area contributed by atoms with Crippen molar-refractivity contribution in [1.29, 1.82) is 0 Å². The predicted molar refractivity (Wildman–Crippen MR) is 107 cm³/mol. The van der Waals surface area contributed by atoms with E-state index in [1.54, 1.807) is 22.9 Å². The summed E-state index contributed by atoms with van der Waals surface area (Å²) < 4.78 is 7.53. The Hall–Kier alpha value is -3.12. The molecule has 1 aliphatic heterocycles. The first-order chi connectivity index (χ1) is 13.6. The molecule has 0 saturated carbocycles. The van der Waals surface area contributed by atoms with E-state index < -0.39 is 5.60 Å². The average molecular weight is 376 g/mol. The molecule has 0 bridgehead atoms. The van der Waals surface area contributed by atoms with Crippen LogP contribution in [0.4, 0.5) is 4.79 Å². The Morgan fingerprint density at radius 3 is 2.29 bits per heavy atom. The molecule has 28 heavy (non-hydrogen) atoms. The topological polar surface area (TPSA) is 59.4 Å². The van der Waals surface area contributed by atoms with Crippen molar-refractivity contribution in [2.45, 2.75) is 11.6 Å². The summed E-state index contributed by atoms with van der Waals surface area (Å²) in [5.41, 5.74) is 2.62. The molecular formula is C22H24N4O2. The molecule has 0 radical (unpaired) electrons. The fourth-order valence-electron chi connectivity index (χ4n) is 3.69. The van der Waals surface area contributed by atoms with E-state index >= 15 is 0 Å². The number of hydrogen-bond donors (Lipinski definition) is 1. The Morgan fingerprint density at radius 2 is 1.71 bits per heavy atom. The quantitative estimate of drug-likeness (QED) is 0.744. The number of likely N-dealkylation sites (tertiary alicyclic amines) is 1. The van der Waals surface area contributed by atoms with Crippen molar-refractivity contribution in [3.8, 4) is 0 Å². The molecule has 3 aromatic rings. The summed E-state index contributed by atoms with van der Waals surface area (Å²) in [7, 11) is 3.57. The van der Waals surface area contributed by atoms with Gasteiger partial charge in [0, 0.05) is 25.9 Å². The Balaban J connectivity index is 1.50. The van der Waals surface area contributed by atoms with Crippen molar-refractivity contribution in [2.24, 2.45) is 7.05 Å². The number of rotatable bonds is 5. The van der Waals surface area contributed by atoms with E-state index in [4.69, 9.17) is 4.74 Å². The smallest absolute Gasteiger partial charge is 0.318 e. The van der Waals surface area contributed by atoms with Gasteiger partial charge < -0.3 is 15.0 Å². The van der Waals surface area contributed by atoms with Crippen LogP contribution in [0, 0.1) is 0 Å². The molecule has 1 saturated heterocycles. The van der Waals surface area contributed by atoms with Crippen molar-refractivity contribution >= 4 is 6.03 Å². The minimum absolute atomic E-state index is 0.110. The second kappa shape index (κ2) is 7.48. The second-order valence-corrected chi connectivity index (χ2v) is 7.16. The normalized spacial score (nSPS) is 16.3. The van der Waals surface area contributed by atoms with Crippen molar-refractivity contribution in [1.82, 2.24) is 20.0 Å². The SMILES string of the molecule is COC1(c2ccccc2)CN(C(=O)NC(c2ccccc2)c2cnn(C)c2)C1. The number of aromatic nitrogens is 2. The van der Waals surface area contributed by atoms with Crippen molar-refractivity contribution in [3.63, 3.8) is 0 Å². The van der Waals surface area contributed by atoms with Gasteiger partial charge >= 0.3 is 6.03 Å². The Bertz CT molecular complexity index is 933. The monoisotopic (exact) mass is 376 g/mol. The van der Waals surface area contributed by atoms with Gasteiger partial charge in [-0.2, -0.15) is 5.10 Å². The number of hydrogen-bond acceptors (Lipinski definition) is 3. The number of carbonyl (C=O) groups excluding carboxylic acids is 1. The lowest BCUT2D eigenvalue weighted by Crippen LogP contribution is -2.64. The maximum Gasteiger partial charge on any atom is 0.318 e. The van der Waals surface area contributed by atoms with Gasteiger partial charge in [-0.05, 0) is 11.1 Å². The Labute approximate surface area is 164 Å². The highest BCUT2D eigenvalue weighted by molar-refractivity contribution is 5.76. The summed E-state index contributed by atoms with van der Waals surface area (Å²) in [6, 6.07) is 19.6. The third kappa shape index (κ3) is 3.39. The number of ether oxygens (including phenoxy) is 1. The van der Waals surface area contributed by atoms with Crippen molar-refractivity contribution < 1.29 is 9.53 Å². The van der Waals surface area contributed by atoms with E-state index in [1.807, 2.05) is 73.9 Å². The first-order valence-corrected chi connectivity index (χ1v) is 9.31. The van der Waals surface area contributed by atoms with Gasteiger partial charge in [0.05, 0.1) is 25.3 Å². The largest absolute Gasteiger partial charge is 0.370 e. The van der Waals surface area contributed by atoms with Crippen LogP contribution in [0.3, 0.4) is 0 Å². The highest BCUT2D eigenvalue weighted by Gasteiger charge is 2.47. The summed E-state index contributed by atoms with van der Waals surface area (Å²) >= 11 is 0. The molecule has 1 N–H and O–H groups in total. The molecule has 2 heterocycles. The van der Waals surface area contributed by atoms with E-state index in [0.29, 0.717) is 13.1 Å². The highest BCUT2D eigenvalue weighted by Crippen LogP contribution is 2.35. The molecule has 0 aliphatic carbocycles. The van der Waals surface area contributed by atoms with Gasteiger partial charge in [-0.3, -0.25) is 4.68 Å². The number of methoxy groups -OCH3 is 1. The zero-order valence-corrected chi connectivity index (χ0v) is 16.1.